The average Bonchev–Trinajstić information content (AvgIpc) is 2.81. The summed E-state index contributed by atoms with van der Waals surface area (Å²) >= 11 is 0. The minimum Gasteiger partial charge on any atom is -0.494 e. The van der Waals surface area contributed by atoms with Gasteiger partial charge in [0.15, 0.2) is 5.52 Å². The number of aromatic nitrogens is 4. The normalized spacial score (nSPS) is 10.8. The molecule has 1 N–H and O–H groups in total. The highest BCUT2D eigenvalue weighted by Gasteiger charge is 2.17. The quantitative estimate of drug-likeness (QED) is 0.480. The number of carbonyl (C=O) groups is 1. The molecule has 4 rings (SSSR count). The summed E-state index contributed by atoms with van der Waals surface area (Å²) in [6, 6.07) is 15.4. The van der Waals surface area contributed by atoms with E-state index in [9.17, 15) is 14.4 Å². The van der Waals surface area contributed by atoms with Crippen molar-refractivity contribution in [3.63, 3.8) is 0 Å². The first kappa shape index (κ1) is 21.0. The molecule has 3 aromatic heterocycles. The van der Waals surface area contributed by atoms with Crippen LogP contribution in [-0.4, -0.2) is 31.6 Å². The Hall–Kier alpha value is -4.27. The van der Waals surface area contributed by atoms with Gasteiger partial charge in [-0.3, -0.25) is 23.7 Å². The lowest BCUT2D eigenvalue weighted by Gasteiger charge is -2.13. The minimum atomic E-state index is -0.608. The summed E-state index contributed by atoms with van der Waals surface area (Å²) in [4.78, 5) is 47.2. The third-order valence-electron chi connectivity index (χ3n) is 4.78. The Bertz CT molecular complexity index is 1360. The first-order chi connectivity index (χ1) is 15.6. The topological polar surface area (TPSA) is 108 Å². The number of nitrogens with one attached hydrogen (secondary N) is 1. The predicted molar refractivity (Wildman–Crippen MR) is 120 cm³/mol. The largest absolute Gasteiger partial charge is 0.494 e. The molecule has 9 heteroatoms. The maximum atomic E-state index is 13.2. The Balaban J connectivity index is 1.67. The molecule has 3 heterocycles. The van der Waals surface area contributed by atoms with Crippen LogP contribution in [0.4, 0.5) is 5.69 Å². The van der Waals surface area contributed by atoms with E-state index in [1.165, 1.54) is 10.8 Å². The van der Waals surface area contributed by atoms with Crippen molar-refractivity contribution in [1.29, 1.82) is 0 Å². The van der Waals surface area contributed by atoms with Gasteiger partial charge in [-0.1, -0.05) is 6.07 Å². The molecule has 0 bridgehead atoms. The van der Waals surface area contributed by atoms with Gasteiger partial charge in [0.2, 0.25) is 5.91 Å². The summed E-state index contributed by atoms with van der Waals surface area (Å²) in [7, 11) is 0. The van der Waals surface area contributed by atoms with Crippen molar-refractivity contribution in [2.45, 2.75) is 20.0 Å². The molecular weight excluding hydrogens is 410 g/mol. The molecule has 0 radical (unpaired) electrons. The summed E-state index contributed by atoms with van der Waals surface area (Å²) in [6.45, 7) is 2.13. The number of rotatable bonds is 7. The van der Waals surface area contributed by atoms with Crippen LogP contribution in [0.2, 0.25) is 0 Å². The van der Waals surface area contributed by atoms with Crippen molar-refractivity contribution < 1.29 is 9.53 Å². The molecule has 0 spiro atoms. The highest BCUT2D eigenvalue weighted by molar-refractivity contribution is 5.91. The fraction of sp³-hybridized carbons (Fsp3) is 0.174. The van der Waals surface area contributed by atoms with Crippen LogP contribution >= 0.6 is 0 Å². The maximum Gasteiger partial charge on any atom is 0.332 e. The summed E-state index contributed by atoms with van der Waals surface area (Å²) in [6.07, 6.45) is 3.06. The Morgan fingerprint density at radius 3 is 2.47 bits per heavy atom. The summed E-state index contributed by atoms with van der Waals surface area (Å²) < 4.78 is 7.69. The minimum absolute atomic E-state index is 0.0223. The molecule has 0 atom stereocenters. The molecule has 162 valence electrons. The molecule has 0 saturated heterocycles. The van der Waals surface area contributed by atoms with E-state index in [0.717, 1.165) is 4.57 Å². The summed E-state index contributed by atoms with van der Waals surface area (Å²) in [5.74, 6) is 0.282. The Morgan fingerprint density at radius 1 is 0.969 bits per heavy atom. The monoisotopic (exact) mass is 431 g/mol. The fourth-order valence-electron chi connectivity index (χ4n) is 3.33. The van der Waals surface area contributed by atoms with Gasteiger partial charge in [-0.2, -0.15) is 0 Å². The number of nitrogens with zero attached hydrogens (tertiary/aromatic N) is 4. The maximum absolute atomic E-state index is 13.2. The number of carbonyl (C=O) groups excluding carboxylic acids is 1. The zero-order valence-corrected chi connectivity index (χ0v) is 17.4. The van der Waals surface area contributed by atoms with Crippen LogP contribution in [-0.2, 0) is 17.9 Å². The lowest BCUT2D eigenvalue weighted by Crippen LogP contribution is -2.42. The van der Waals surface area contributed by atoms with Crippen molar-refractivity contribution in [2.24, 2.45) is 0 Å². The first-order valence-corrected chi connectivity index (χ1v) is 10.1. The third-order valence-corrected chi connectivity index (χ3v) is 4.78. The van der Waals surface area contributed by atoms with Crippen molar-refractivity contribution in [3.8, 4) is 5.75 Å². The van der Waals surface area contributed by atoms with E-state index < -0.39 is 17.2 Å². The first-order valence-electron chi connectivity index (χ1n) is 10.1. The lowest BCUT2D eigenvalue weighted by molar-refractivity contribution is -0.116. The number of anilines is 1. The number of ether oxygens (including phenoxy) is 1. The summed E-state index contributed by atoms with van der Waals surface area (Å²) in [5, 5.41) is 2.76. The lowest BCUT2D eigenvalue weighted by atomic mass is 10.3. The highest BCUT2D eigenvalue weighted by Crippen LogP contribution is 2.15. The smallest absolute Gasteiger partial charge is 0.332 e. The third kappa shape index (κ3) is 4.41. The van der Waals surface area contributed by atoms with Gasteiger partial charge in [-0.25, -0.2) is 9.78 Å². The number of hydrogen-bond acceptors (Lipinski definition) is 6. The van der Waals surface area contributed by atoms with Gasteiger partial charge in [0, 0.05) is 18.1 Å². The molecule has 4 aromatic rings. The summed E-state index contributed by atoms with van der Waals surface area (Å²) in [5.41, 5.74) is 0.379. The van der Waals surface area contributed by atoms with E-state index in [4.69, 9.17) is 4.74 Å². The van der Waals surface area contributed by atoms with Crippen molar-refractivity contribution in [2.75, 3.05) is 11.9 Å². The number of amides is 1. The van der Waals surface area contributed by atoms with Gasteiger partial charge < -0.3 is 10.1 Å². The van der Waals surface area contributed by atoms with Crippen LogP contribution in [0.15, 0.2) is 76.6 Å². The molecule has 1 aromatic carbocycles. The Kier molecular flexibility index (Phi) is 6.07. The van der Waals surface area contributed by atoms with E-state index >= 15 is 0 Å². The van der Waals surface area contributed by atoms with Gasteiger partial charge in [0.1, 0.15) is 12.3 Å². The Morgan fingerprint density at radius 2 is 1.75 bits per heavy atom. The number of pyridine rings is 2. The van der Waals surface area contributed by atoms with E-state index in [-0.39, 0.29) is 18.6 Å². The molecule has 9 nitrogen and oxygen atoms in total. The molecular formula is C23H21N5O4. The highest BCUT2D eigenvalue weighted by atomic mass is 16.5. The second-order valence-electron chi connectivity index (χ2n) is 6.96. The SMILES string of the molecule is CCOc1ccc(NC(=O)Cn2c(=O)n(Cc3ccccn3)c(=O)c3ncccc32)cc1. The van der Waals surface area contributed by atoms with Crippen LogP contribution in [0.25, 0.3) is 11.0 Å². The Labute approximate surface area is 182 Å². The number of fused-ring (bicyclic) bond motifs is 1. The molecule has 0 aliphatic heterocycles. The standard InChI is InChI=1S/C23H21N5O4/c1-2-32-18-10-8-16(9-11-18)26-20(29)15-27-19-7-5-13-25-21(19)22(30)28(23(27)31)14-17-6-3-4-12-24-17/h3-13H,2,14-15H2,1H3,(H,26,29). The van der Waals surface area contributed by atoms with Crippen LogP contribution in [0.5, 0.6) is 5.75 Å². The molecule has 0 saturated carbocycles. The van der Waals surface area contributed by atoms with E-state index in [0.29, 0.717) is 29.3 Å². The second-order valence-corrected chi connectivity index (χ2v) is 6.96. The second kappa shape index (κ2) is 9.25. The zero-order chi connectivity index (χ0) is 22.5. The van der Waals surface area contributed by atoms with Gasteiger partial charge in [0.25, 0.3) is 5.56 Å². The molecule has 0 fully saturated rings. The van der Waals surface area contributed by atoms with Crippen LogP contribution in [0.1, 0.15) is 12.6 Å². The van der Waals surface area contributed by atoms with Crippen LogP contribution in [0.3, 0.4) is 0 Å². The van der Waals surface area contributed by atoms with Gasteiger partial charge in [-0.05, 0) is 55.5 Å². The van der Waals surface area contributed by atoms with Crippen molar-refractivity contribution in [1.82, 2.24) is 19.1 Å². The molecule has 1 amide bonds. The fourth-order valence-corrected chi connectivity index (χ4v) is 3.33. The predicted octanol–water partition coefficient (Wildman–Crippen LogP) is 2.04. The van der Waals surface area contributed by atoms with Crippen LogP contribution in [0, 0.1) is 0 Å². The molecule has 0 unspecified atom stereocenters. The molecule has 32 heavy (non-hydrogen) atoms. The van der Waals surface area contributed by atoms with Gasteiger partial charge >= 0.3 is 5.69 Å². The average molecular weight is 431 g/mol. The zero-order valence-electron chi connectivity index (χ0n) is 17.4. The van der Waals surface area contributed by atoms with Crippen LogP contribution < -0.4 is 21.3 Å². The van der Waals surface area contributed by atoms with E-state index in [2.05, 4.69) is 15.3 Å². The van der Waals surface area contributed by atoms with Gasteiger partial charge in [-0.15, -0.1) is 0 Å². The van der Waals surface area contributed by atoms with Crippen molar-refractivity contribution in [3.05, 3.63) is 93.5 Å². The van der Waals surface area contributed by atoms with E-state index in [1.807, 2.05) is 6.92 Å². The molecule has 0 aliphatic rings. The number of hydrogen-bond donors (Lipinski definition) is 1. The van der Waals surface area contributed by atoms with E-state index in [1.54, 1.807) is 60.8 Å². The van der Waals surface area contributed by atoms with Gasteiger partial charge in [0.05, 0.1) is 24.4 Å². The number of benzene rings is 1. The molecule has 0 aliphatic carbocycles. The van der Waals surface area contributed by atoms with Crippen molar-refractivity contribution >= 4 is 22.6 Å².